The lowest BCUT2D eigenvalue weighted by molar-refractivity contribution is -0.384. The van der Waals surface area contributed by atoms with E-state index in [1.165, 1.54) is 24.3 Å². The van der Waals surface area contributed by atoms with Crippen LogP contribution in [-0.2, 0) is 4.79 Å². The molecule has 0 heterocycles. The average molecular weight is 195 g/mol. The normalized spacial score (nSPS) is 12.1. The molecular formula is C8H9N3O3. The van der Waals surface area contributed by atoms with Crippen molar-refractivity contribution >= 4 is 11.6 Å². The Morgan fingerprint density at radius 3 is 2.21 bits per heavy atom. The van der Waals surface area contributed by atoms with Gasteiger partial charge in [0.1, 0.15) is 6.04 Å². The fourth-order valence-electron chi connectivity index (χ4n) is 0.968. The topological polar surface area (TPSA) is 112 Å². The quantitative estimate of drug-likeness (QED) is 0.525. The number of non-ortho nitro benzene ring substituents is 1. The molecule has 0 fully saturated rings. The van der Waals surface area contributed by atoms with Crippen LogP contribution in [0.5, 0.6) is 0 Å². The second-order valence-corrected chi connectivity index (χ2v) is 2.73. The molecule has 1 atom stereocenters. The Kier molecular flexibility index (Phi) is 2.78. The van der Waals surface area contributed by atoms with Crippen LogP contribution in [0.25, 0.3) is 0 Å². The summed E-state index contributed by atoms with van der Waals surface area (Å²) in [6.45, 7) is 0. The fraction of sp³-hybridized carbons (Fsp3) is 0.125. The van der Waals surface area contributed by atoms with E-state index < -0.39 is 16.9 Å². The Morgan fingerprint density at radius 2 is 1.86 bits per heavy atom. The molecule has 0 spiro atoms. The monoisotopic (exact) mass is 195 g/mol. The molecule has 0 bridgehead atoms. The van der Waals surface area contributed by atoms with E-state index in [-0.39, 0.29) is 5.69 Å². The number of carbonyl (C=O) groups is 1. The van der Waals surface area contributed by atoms with Crippen LogP contribution in [0.4, 0.5) is 5.69 Å². The van der Waals surface area contributed by atoms with Gasteiger partial charge >= 0.3 is 0 Å². The highest BCUT2D eigenvalue weighted by molar-refractivity contribution is 5.81. The maximum Gasteiger partial charge on any atom is 0.269 e. The second kappa shape index (κ2) is 3.84. The lowest BCUT2D eigenvalue weighted by Crippen LogP contribution is -2.28. The number of hydrogen-bond acceptors (Lipinski definition) is 4. The van der Waals surface area contributed by atoms with Crippen molar-refractivity contribution < 1.29 is 9.72 Å². The molecule has 0 aromatic heterocycles. The van der Waals surface area contributed by atoms with Crippen molar-refractivity contribution in [3.8, 4) is 0 Å². The van der Waals surface area contributed by atoms with Gasteiger partial charge < -0.3 is 11.5 Å². The van der Waals surface area contributed by atoms with E-state index in [1.807, 2.05) is 0 Å². The third-order valence-electron chi connectivity index (χ3n) is 1.77. The number of nitro benzene ring substituents is 1. The number of rotatable bonds is 3. The van der Waals surface area contributed by atoms with E-state index in [4.69, 9.17) is 11.5 Å². The zero-order chi connectivity index (χ0) is 10.7. The highest BCUT2D eigenvalue weighted by atomic mass is 16.6. The summed E-state index contributed by atoms with van der Waals surface area (Å²) in [6.07, 6.45) is 0. The molecule has 1 aromatic carbocycles. The van der Waals surface area contributed by atoms with Crippen molar-refractivity contribution in [1.82, 2.24) is 0 Å². The molecular weight excluding hydrogens is 186 g/mol. The minimum Gasteiger partial charge on any atom is -0.368 e. The van der Waals surface area contributed by atoms with Gasteiger partial charge in [-0.3, -0.25) is 14.9 Å². The predicted molar refractivity (Wildman–Crippen MR) is 49.2 cm³/mol. The molecule has 1 unspecified atom stereocenters. The van der Waals surface area contributed by atoms with Crippen LogP contribution in [0.3, 0.4) is 0 Å². The van der Waals surface area contributed by atoms with Gasteiger partial charge in [0.2, 0.25) is 5.91 Å². The Balaban J connectivity index is 2.94. The predicted octanol–water partition coefficient (Wildman–Crippen LogP) is 0.0799. The van der Waals surface area contributed by atoms with Crippen LogP contribution in [0.1, 0.15) is 11.6 Å². The molecule has 1 aromatic rings. The Hall–Kier alpha value is -1.95. The third-order valence-corrected chi connectivity index (χ3v) is 1.77. The van der Waals surface area contributed by atoms with E-state index in [2.05, 4.69) is 0 Å². The van der Waals surface area contributed by atoms with Crippen molar-refractivity contribution in [2.75, 3.05) is 0 Å². The molecule has 4 N–H and O–H groups in total. The molecule has 6 nitrogen and oxygen atoms in total. The number of nitrogens with two attached hydrogens (primary N) is 2. The van der Waals surface area contributed by atoms with Crippen LogP contribution in [0.2, 0.25) is 0 Å². The first-order valence-electron chi connectivity index (χ1n) is 3.81. The summed E-state index contributed by atoms with van der Waals surface area (Å²) in [7, 11) is 0. The van der Waals surface area contributed by atoms with Crippen LogP contribution in [-0.4, -0.2) is 10.8 Å². The van der Waals surface area contributed by atoms with E-state index in [0.29, 0.717) is 5.56 Å². The molecule has 1 rings (SSSR count). The van der Waals surface area contributed by atoms with Crippen LogP contribution in [0, 0.1) is 10.1 Å². The number of nitrogens with zero attached hydrogens (tertiary/aromatic N) is 1. The summed E-state index contributed by atoms with van der Waals surface area (Å²) >= 11 is 0. The lowest BCUT2D eigenvalue weighted by Gasteiger charge is -2.06. The molecule has 0 saturated heterocycles. The van der Waals surface area contributed by atoms with Crippen LogP contribution >= 0.6 is 0 Å². The number of nitro groups is 1. The van der Waals surface area contributed by atoms with Crippen LogP contribution in [0.15, 0.2) is 24.3 Å². The van der Waals surface area contributed by atoms with Gasteiger partial charge in [0.15, 0.2) is 0 Å². The van der Waals surface area contributed by atoms with Gasteiger partial charge in [-0.25, -0.2) is 0 Å². The number of primary amides is 1. The summed E-state index contributed by atoms with van der Waals surface area (Å²) in [6, 6.07) is 4.45. The van der Waals surface area contributed by atoms with E-state index in [0.717, 1.165) is 0 Å². The summed E-state index contributed by atoms with van der Waals surface area (Å²) in [4.78, 5) is 20.5. The summed E-state index contributed by atoms with van der Waals surface area (Å²) in [5, 5.41) is 10.3. The maximum absolute atomic E-state index is 10.7. The first kappa shape index (κ1) is 10.1. The Bertz CT molecular complexity index is 361. The molecule has 0 radical (unpaired) electrons. The smallest absolute Gasteiger partial charge is 0.269 e. The van der Waals surface area contributed by atoms with Crippen molar-refractivity contribution in [3.63, 3.8) is 0 Å². The molecule has 0 aliphatic rings. The Morgan fingerprint density at radius 1 is 1.36 bits per heavy atom. The van der Waals surface area contributed by atoms with E-state index in [9.17, 15) is 14.9 Å². The highest BCUT2D eigenvalue weighted by Gasteiger charge is 2.13. The van der Waals surface area contributed by atoms with Gasteiger partial charge in [0, 0.05) is 12.1 Å². The maximum atomic E-state index is 10.7. The largest absolute Gasteiger partial charge is 0.368 e. The number of hydrogen-bond donors (Lipinski definition) is 2. The van der Waals surface area contributed by atoms with Crippen molar-refractivity contribution in [2.45, 2.75) is 6.04 Å². The SMILES string of the molecule is NC(=O)C(N)c1ccc([N+](=O)[O-])cc1. The zero-order valence-corrected chi connectivity index (χ0v) is 7.21. The number of amides is 1. The number of carbonyl (C=O) groups excluding carboxylic acids is 1. The van der Waals surface area contributed by atoms with Gasteiger partial charge in [-0.05, 0) is 5.56 Å². The lowest BCUT2D eigenvalue weighted by atomic mass is 10.1. The van der Waals surface area contributed by atoms with Gasteiger partial charge in [-0.2, -0.15) is 0 Å². The summed E-state index contributed by atoms with van der Waals surface area (Å²) in [5.41, 5.74) is 10.8. The van der Waals surface area contributed by atoms with Crippen molar-refractivity contribution in [1.29, 1.82) is 0 Å². The number of benzene rings is 1. The first-order chi connectivity index (χ1) is 6.52. The standard InChI is InChI=1S/C8H9N3O3/c9-7(8(10)12)5-1-3-6(4-2-5)11(13)14/h1-4,7H,9H2,(H2,10,12). The molecule has 74 valence electrons. The van der Waals surface area contributed by atoms with Crippen LogP contribution < -0.4 is 11.5 Å². The minimum atomic E-state index is -0.921. The van der Waals surface area contributed by atoms with Gasteiger partial charge in [-0.15, -0.1) is 0 Å². The average Bonchev–Trinajstić information content (AvgIpc) is 2.16. The molecule has 0 aliphatic carbocycles. The third kappa shape index (κ3) is 2.05. The summed E-state index contributed by atoms with van der Waals surface area (Å²) < 4.78 is 0. The van der Waals surface area contributed by atoms with Gasteiger partial charge in [0.05, 0.1) is 4.92 Å². The molecule has 0 aliphatic heterocycles. The van der Waals surface area contributed by atoms with E-state index >= 15 is 0 Å². The molecule has 14 heavy (non-hydrogen) atoms. The summed E-state index contributed by atoms with van der Waals surface area (Å²) in [5.74, 6) is -0.668. The minimum absolute atomic E-state index is 0.0505. The van der Waals surface area contributed by atoms with E-state index in [1.54, 1.807) is 0 Å². The molecule has 1 amide bonds. The molecule has 0 saturated carbocycles. The first-order valence-corrected chi connectivity index (χ1v) is 3.81. The zero-order valence-electron chi connectivity index (χ0n) is 7.21. The highest BCUT2D eigenvalue weighted by Crippen LogP contribution is 2.15. The van der Waals surface area contributed by atoms with Gasteiger partial charge in [0.25, 0.3) is 5.69 Å². The fourth-order valence-corrected chi connectivity index (χ4v) is 0.968. The molecule has 6 heteroatoms. The van der Waals surface area contributed by atoms with Crippen molar-refractivity contribution in [3.05, 3.63) is 39.9 Å². The Labute approximate surface area is 79.7 Å². The van der Waals surface area contributed by atoms with Gasteiger partial charge in [-0.1, -0.05) is 12.1 Å². The second-order valence-electron chi connectivity index (χ2n) is 2.73. The van der Waals surface area contributed by atoms with Crippen molar-refractivity contribution in [2.24, 2.45) is 11.5 Å².